The Labute approximate surface area is 146 Å². The van der Waals surface area contributed by atoms with Crippen molar-refractivity contribution in [1.29, 1.82) is 0 Å². The summed E-state index contributed by atoms with van der Waals surface area (Å²) < 4.78 is 2.65. The van der Waals surface area contributed by atoms with Gasteiger partial charge in [0.15, 0.2) is 0 Å². The predicted octanol–water partition coefficient (Wildman–Crippen LogP) is 3.81. The molecule has 3 aromatic heterocycles. The van der Waals surface area contributed by atoms with Gasteiger partial charge in [-0.1, -0.05) is 11.6 Å². The van der Waals surface area contributed by atoms with Crippen molar-refractivity contribution in [2.75, 3.05) is 13.1 Å². The van der Waals surface area contributed by atoms with Crippen molar-refractivity contribution in [1.82, 2.24) is 19.7 Å². The summed E-state index contributed by atoms with van der Waals surface area (Å²) in [7, 11) is 0. The zero-order valence-electron chi connectivity index (χ0n) is 12.1. The minimum atomic E-state index is -0.00944. The second-order valence-corrected chi connectivity index (χ2v) is 7.89. The lowest BCUT2D eigenvalue weighted by molar-refractivity contribution is 0.0782. The highest BCUT2D eigenvalue weighted by Crippen LogP contribution is 2.33. The maximum Gasteiger partial charge on any atom is 0.273 e. The number of hydrogen-bond acceptors (Lipinski definition) is 5. The van der Waals surface area contributed by atoms with E-state index in [2.05, 4.69) is 10.1 Å². The molecule has 0 spiro atoms. The molecule has 8 heteroatoms. The number of carbonyl (C=O) groups is 1. The molecule has 1 unspecified atom stereocenters. The largest absolute Gasteiger partial charge is 0.335 e. The van der Waals surface area contributed by atoms with Gasteiger partial charge in [0.1, 0.15) is 10.7 Å². The van der Waals surface area contributed by atoms with Crippen LogP contribution in [-0.2, 0) is 0 Å². The van der Waals surface area contributed by atoms with Gasteiger partial charge in [-0.15, -0.1) is 22.7 Å². The van der Waals surface area contributed by atoms with Crippen molar-refractivity contribution in [3.05, 3.63) is 46.0 Å². The Balaban J connectivity index is 1.48. The molecule has 0 aliphatic carbocycles. The second kappa shape index (κ2) is 6.07. The Morgan fingerprint density at radius 2 is 2.30 bits per heavy atom. The van der Waals surface area contributed by atoms with Crippen LogP contribution < -0.4 is 0 Å². The van der Waals surface area contributed by atoms with Crippen LogP contribution in [0.3, 0.4) is 0 Å². The first-order valence-electron chi connectivity index (χ1n) is 7.20. The number of carbonyl (C=O) groups excluding carboxylic acids is 1. The van der Waals surface area contributed by atoms with E-state index < -0.39 is 0 Å². The van der Waals surface area contributed by atoms with Gasteiger partial charge in [0, 0.05) is 30.9 Å². The molecule has 1 amide bonds. The molecule has 1 fully saturated rings. The van der Waals surface area contributed by atoms with E-state index in [1.807, 2.05) is 39.4 Å². The third-order valence-corrected chi connectivity index (χ3v) is 6.10. The van der Waals surface area contributed by atoms with Gasteiger partial charge in [0.25, 0.3) is 5.91 Å². The van der Waals surface area contributed by atoms with Crippen molar-refractivity contribution in [3.8, 4) is 9.88 Å². The standard InChI is InChI=1S/C15H13ClN4OS2/c16-13-3-2-12(23-13)14-18-11(9-22-14)15(21)19-7-4-10(8-19)20-6-1-5-17-20/h1-3,5-6,9-10H,4,7-8H2. The minimum absolute atomic E-state index is 0.00944. The highest BCUT2D eigenvalue weighted by molar-refractivity contribution is 7.23. The fraction of sp³-hybridized carbons (Fsp3) is 0.267. The number of aromatic nitrogens is 3. The van der Waals surface area contributed by atoms with Crippen molar-refractivity contribution in [2.45, 2.75) is 12.5 Å². The van der Waals surface area contributed by atoms with Crippen LogP contribution in [0.15, 0.2) is 36.0 Å². The average molecular weight is 365 g/mol. The lowest BCUT2D eigenvalue weighted by atomic mass is 10.3. The van der Waals surface area contributed by atoms with Gasteiger partial charge in [-0.05, 0) is 24.6 Å². The fourth-order valence-electron chi connectivity index (χ4n) is 2.72. The van der Waals surface area contributed by atoms with Gasteiger partial charge >= 0.3 is 0 Å². The summed E-state index contributed by atoms with van der Waals surface area (Å²) in [6.45, 7) is 1.42. The summed E-state index contributed by atoms with van der Waals surface area (Å²) in [6.07, 6.45) is 4.63. The number of hydrogen-bond donors (Lipinski definition) is 0. The Morgan fingerprint density at radius 3 is 3.04 bits per heavy atom. The van der Waals surface area contributed by atoms with Crippen LogP contribution in [0.25, 0.3) is 9.88 Å². The highest BCUT2D eigenvalue weighted by atomic mass is 35.5. The first-order valence-corrected chi connectivity index (χ1v) is 9.28. The number of amides is 1. The fourth-order valence-corrected chi connectivity index (χ4v) is 4.62. The molecule has 0 N–H and O–H groups in total. The van der Waals surface area contributed by atoms with Crippen LogP contribution in [0.2, 0.25) is 4.34 Å². The molecule has 0 bridgehead atoms. The molecule has 4 heterocycles. The smallest absolute Gasteiger partial charge is 0.273 e. The van der Waals surface area contributed by atoms with E-state index in [9.17, 15) is 4.79 Å². The molecule has 23 heavy (non-hydrogen) atoms. The summed E-state index contributed by atoms with van der Waals surface area (Å²) in [5.41, 5.74) is 0.510. The molecule has 4 rings (SSSR count). The molecule has 1 saturated heterocycles. The van der Waals surface area contributed by atoms with E-state index in [1.165, 1.54) is 22.7 Å². The minimum Gasteiger partial charge on any atom is -0.335 e. The van der Waals surface area contributed by atoms with Crippen molar-refractivity contribution in [2.24, 2.45) is 0 Å². The van der Waals surface area contributed by atoms with Gasteiger partial charge in [-0.2, -0.15) is 5.10 Å². The van der Waals surface area contributed by atoms with Crippen molar-refractivity contribution < 1.29 is 4.79 Å². The van der Waals surface area contributed by atoms with Gasteiger partial charge in [-0.25, -0.2) is 4.98 Å². The quantitative estimate of drug-likeness (QED) is 0.710. The van der Waals surface area contributed by atoms with Gasteiger partial charge in [0.2, 0.25) is 0 Å². The molecule has 118 valence electrons. The van der Waals surface area contributed by atoms with E-state index in [4.69, 9.17) is 11.6 Å². The number of rotatable bonds is 3. The van der Waals surface area contributed by atoms with Crippen molar-refractivity contribution in [3.63, 3.8) is 0 Å². The molecule has 1 aliphatic rings. The lowest BCUT2D eigenvalue weighted by Gasteiger charge is -2.15. The van der Waals surface area contributed by atoms with Gasteiger partial charge in [0.05, 0.1) is 15.3 Å². The third kappa shape index (κ3) is 2.91. The second-order valence-electron chi connectivity index (χ2n) is 5.32. The van der Waals surface area contributed by atoms with Crippen LogP contribution in [-0.4, -0.2) is 38.7 Å². The normalized spacial score (nSPS) is 17.8. The monoisotopic (exact) mass is 364 g/mol. The number of halogens is 1. The van der Waals surface area contributed by atoms with Crippen LogP contribution in [0.1, 0.15) is 23.0 Å². The SMILES string of the molecule is O=C(c1csc(-c2ccc(Cl)s2)n1)N1CCC(n2cccn2)C1. The maximum absolute atomic E-state index is 12.6. The molecular formula is C15H13ClN4OS2. The zero-order valence-corrected chi connectivity index (χ0v) is 14.4. The summed E-state index contributed by atoms with van der Waals surface area (Å²) in [6, 6.07) is 5.94. The lowest BCUT2D eigenvalue weighted by Crippen LogP contribution is -2.29. The average Bonchev–Trinajstić information content (AvgIpc) is 3.31. The van der Waals surface area contributed by atoms with Crippen LogP contribution in [0.5, 0.6) is 0 Å². The predicted molar refractivity (Wildman–Crippen MR) is 92.2 cm³/mol. The maximum atomic E-state index is 12.6. The van der Waals surface area contributed by atoms with E-state index in [0.717, 1.165) is 27.2 Å². The molecule has 1 atom stereocenters. The topological polar surface area (TPSA) is 51.0 Å². The summed E-state index contributed by atoms with van der Waals surface area (Å²) >= 11 is 8.91. The van der Waals surface area contributed by atoms with Crippen molar-refractivity contribution >= 4 is 40.2 Å². The molecule has 1 aliphatic heterocycles. The number of thiophene rings is 1. The molecular weight excluding hydrogens is 352 g/mol. The van der Waals surface area contributed by atoms with E-state index in [1.54, 1.807) is 6.20 Å². The first kappa shape index (κ1) is 14.9. The number of likely N-dealkylation sites (tertiary alicyclic amines) is 1. The van der Waals surface area contributed by atoms with Crippen LogP contribution >= 0.6 is 34.3 Å². The molecule has 0 aromatic carbocycles. The Hall–Kier alpha value is -1.70. The van der Waals surface area contributed by atoms with Crippen LogP contribution in [0, 0.1) is 0 Å². The Bertz CT molecular complexity index is 826. The number of thiazole rings is 1. The first-order chi connectivity index (χ1) is 11.2. The van der Waals surface area contributed by atoms with Gasteiger partial charge < -0.3 is 4.90 Å². The Kier molecular flexibility index (Phi) is 3.92. The molecule has 0 radical (unpaired) electrons. The van der Waals surface area contributed by atoms with E-state index in [-0.39, 0.29) is 11.9 Å². The number of nitrogens with zero attached hydrogens (tertiary/aromatic N) is 4. The summed E-state index contributed by atoms with van der Waals surface area (Å²) in [5, 5.41) is 6.93. The van der Waals surface area contributed by atoms with Gasteiger partial charge in [-0.3, -0.25) is 9.48 Å². The summed E-state index contributed by atoms with van der Waals surface area (Å²) in [5.74, 6) is -0.00944. The summed E-state index contributed by atoms with van der Waals surface area (Å²) in [4.78, 5) is 20.0. The third-order valence-electron chi connectivity index (χ3n) is 3.86. The van der Waals surface area contributed by atoms with E-state index in [0.29, 0.717) is 12.2 Å². The highest BCUT2D eigenvalue weighted by Gasteiger charge is 2.29. The molecule has 5 nitrogen and oxygen atoms in total. The zero-order chi connectivity index (χ0) is 15.8. The molecule has 0 saturated carbocycles. The van der Waals surface area contributed by atoms with E-state index >= 15 is 0 Å². The Morgan fingerprint density at radius 1 is 1.39 bits per heavy atom. The van der Waals surface area contributed by atoms with Crippen LogP contribution in [0.4, 0.5) is 0 Å². The molecule has 3 aromatic rings.